The standard InChI is InChI=1S/C9H7BrN2O2/c1-6-4-7(10)5-9(12(13)14)8(6)2-3-11/h4-5H,2H2,1H3. The molecule has 0 atom stereocenters. The molecule has 0 aliphatic carbocycles. The molecule has 1 aromatic carbocycles. The summed E-state index contributed by atoms with van der Waals surface area (Å²) in [6.45, 7) is 1.75. The molecule has 0 unspecified atom stereocenters. The van der Waals surface area contributed by atoms with Gasteiger partial charge in [0, 0.05) is 16.1 Å². The third-order valence-corrected chi connectivity index (χ3v) is 2.32. The number of benzene rings is 1. The van der Waals surface area contributed by atoms with Gasteiger partial charge in [-0.1, -0.05) is 15.9 Å². The minimum Gasteiger partial charge on any atom is -0.258 e. The van der Waals surface area contributed by atoms with Gasteiger partial charge >= 0.3 is 0 Å². The van der Waals surface area contributed by atoms with Crippen LogP contribution in [0.25, 0.3) is 0 Å². The molecule has 4 nitrogen and oxygen atoms in total. The number of hydrogen-bond acceptors (Lipinski definition) is 3. The van der Waals surface area contributed by atoms with Crippen molar-refractivity contribution in [3.63, 3.8) is 0 Å². The van der Waals surface area contributed by atoms with E-state index in [4.69, 9.17) is 5.26 Å². The van der Waals surface area contributed by atoms with E-state index in [1.807, 2.05) is 6.07 Å². The highest BCUT2D eigenvalue weighted by atomic mass is 79.9. The lowest BCUT2D eigenvalue weighted by Crippen LogP contribution is -1.97. The molecule has 0 heterocycles. The maximum absolute atomic E-state index is 10.7. The highest BCUT2D eigenvalue weighted by molar-refractivity contribution is 9.10. The van der Waals surface area contributed by atoms with E-state index >= 15 is 0 Å². The fourth-order valence-electron chi connectivity index (χ4n) is 1.23. The van der Waals surface area contributed by atoms with E-state index in [2.05, 4.69) is 15.9 Å². The summed E-state index contributed by atoms with van der Waals surface area (Å²) in [6, 6.07) is 5.10. The third-order valence-electron chi connectivity index (χ3n) is 1.87. The first kappa shape index (κ1) is 10.7. The smallest absolute Gasteiger partial charge is 0.258 e. The molecule has 0 aliphatic rings. The van der Waals surface area contributed by atoms with Gasteiger partial charge in [0.25, 0.3) is 5.69 Å². The van der Waals surface area contributed by atoms with Crippen LogP contribution in [0.4, 0.5) is 5.69 Å². The molecular formula is C9H7BrN2O2. The number of nitrogens with zero attached hydrogens (tertiary/aromatic N) is 2. The minimum atomic E-state index is -0.468. The molecule has 5 heteroatoms. The molecule has 0 N–H and O–H groups in total. The Kier molecular flexibility index (Phi) is 3.20. The molecule has 0 fully saturated rings. The van der Waals surface area contributed by atoms with Crippen LogP contribution in [0.5, 0.6) is 0 Å². The molecular weight excluding hydrogens is 248 g/mol. The Morgan fingerprint density at radius 1 is 1.64 bits per heavy atom. The van der Waals surface area contributed by atoms with E-state index in [0.717, 1.165) is 5.56 Å². The van der Waals surface area contributed by atoms with E-state index < -0.39 is 4.92 Å². The van der Waals surface area contributed by atoms with E-state index in [1.54, 1.807) is 13.0 Å². The van der Waals surface area contributed by atoms with Gasteiger partial charge in [0.1, 0.15) is 0 Å². The number of rotatable bonds is 2. The summed E-state index contributed by atoms with van der Waals surface area (Å²) in [5.41, 5.74) is 1.24. The van der Waals surface area contributed by atoms with Crippen molar-refractivity contribution in [3.8, 4) is 6.07 Å². The first-order chi connectivity index (χ1) is 6.56. The lowest BCUT2D eigenvalue weighted by molar-refractivity contribution is -0.385. The van der Waals surface area contributed by atoms with Crippen LogP contribution in [0.15, 0.2) is 16.6 Å². The molecule has 0 saturated carbocycles. The number of nitriles is 1. The molecule has 0 aliphatic heterocycles. The average molecular weight is 255 g/mol. The quantitative estimate of drug-likeness (QED) is 0.602. The Morgan fingerprint density at radius 3 is 2.79 bits per heavy atom. The van der Waals surface area contributed by atoms with Crippen LogP contribution >= 0.6 is 15.9 Å². The fourth-order valence-corrected chi connectivity index (χ4v) is 1.79. The zero-order valence-electron chi connectivity index (χ0n) is 7.45. The average Bonchev–Trinajstić information content (AvgIpc) is 2.09. The summed E-state index contributed by atoms with van der Waals surface area (Å²) in [6.07, 6.45) is 0.0649. The summed E-state index contributed by atoms with van der Waals surface area (Å²) in [5.74, 6) is 0. The molecule has 1 aromatic rings. The number of halogens is 1. The van der Waals surface area contributed by atoms with Gasteiger partial charge in [-0.15, -0.1) is 0 Å². The Bertz CT molecular complexity index is 424. The Balaban J connectivity index is 3.38. The molecule has 1 rings (SSSR count). The van der Waals surface area contributed by atoms with E-state index in [9.17, 15) is 10.1 Å². The SMILES string of the molecule is Cc1cc(Br)cc([N+](=O)[O-])c1CC#N. The summed E-state index contributed by atoms with van der Waals surface area (Å²) in [4.78, 5) is 10.2. The molecule has 0 spiro atoms. The predicted molar refractivity (Wildman–Crippen MR) is 54.9 cm³/mol. The number of nitro groups is 1. The van der Waals surface area contributed by atoms with Gasteiger partial charge in [0.15, 0.2) is 0 Å². The van der Waals surface area contributed by atoms with Gasteiger partial charge in [0.05, 0.1) is 17.4 Å². The van der Waals surface area contributed by atoms with Crippen LogP contribution in [0, 0.1) is 28.4 Å². The maximum atomic E-state index is 10.7. The normalized spacial score (nSPS) is 9.50. The first-order valence-electron chi connectivity index (χ1n) is 3.86. The van der Waals surface area contributed by atoms with Gasteiger partial charge in [-0.25, -0.2) is 0 Å². The Hall–Kier alpha value is -1.41. The van der Waals surface area contributed by atoms with Crippen LogP contribution in [-0.4, -0.2) is 4.92 Å². The zero-order valence-corrected chi connectivity index (χ0v) is 9.04. The Morgan fingerprint density at radius 2 is 2.29 bits per heavy atom. The van der Waals surface area contributed by atoms with Crippen LogP contribution in [0.3, 0.4) is 0 Å². The van der Waals surface area contributed by atoms with E-state index in [0.29, 0.717) is 10.0 Å². The van der Waals surface area contributed by atoms with Gasteiger partial charge in [0.2, 0.25) is 0 Å². The molecule has 0 radical (unpaired) electrons. The number of hydrogen-bond donors (Lipinski definition) is 0. The largest absolute Gasteiger partial charge is 0.275 e. The van der Waals surface area contributed by atoms with Crippen molar-refractivity contribution in [1.29, 1.82) is 5.26 Å². The van der Waals surface area contributed by atoms with Crippen molar-refractivity contribution >= 4 is 21.6 Å². The molecule has 14 heavy (non-hydrogen) atoms. The highest BCUT2D eigenvalue weighted by Crippen LogP contribution is 2.27. The summed E-state index contributed by atoms with van der Waals surface area (Å²) >= 11 is 3.18. The van der Waals surface area contributed by atoms with Gasteiger partial charge in [-0.3, -0.25) is 10.1 Å². The molecule has 0 aromatic heterocycles. The lowest BCUT2D eigenvalue weighted by Gasteiger charge is -2.03. The highest BCUT2D eigenvalue weighted by Gasteiger charge is 2.16. The predicted octanol–water partition coefficient (Wildman–Crippen LogP) is 2.73. The van der Waals surface area contributed by atoms with Crippen LogP contribution in [0.2, 0.25) is 0 Å². The summed E-state index contributed by atoms with van der Waals surface area (Å²) in [7, 11) is 0. The molecule has 72 valence electrons. The van der Waals surface area contributed by atoms with Crippen LogP contribution in [0.1, 0.15) is 11.1 Å². The van der Waals surface area contributed by atoms with Crippen molar-refractivity contribution in [2.24, 2.45) is 0 Å². The van der Waals surface area contributed by atoms with Crippen LogP contribution < -0.4 is 0 Å². The van der Waals surface area contributed by atoms with E-state index in [1.165, 1.54) is 6.07 Å². The second-order valence-corrected chi connectivity index (χ2v) is 3.73. The monoisotopic (exact) mass is 254 g/mol. The minimum absolute atomic E-state index is 0.00146. The third kappa shape index (κ3) is 2.09. The van der Waals surface area contributed by atoms with Crippen LogP contribution in [-0.2, 0) is 6.42 Å². The fraction of sp³-hybridized carbons (Fsp3) is 0.222. The van der Waals surface area contributed by atoms with Crippen molar-refractivity contribution in [1.82, 2.24) is 0 Å². The second-order valence-electron chi connectivity index (χ2n) is 2.81. The Labute approximate surface area is 89.4 Å². The summed E-state index contributed by atoms with van der Waals surface area (Å²) in [5, 5.41) is 19.2. The molecule has 0 saturated heterocycles. The maximum Gasteiger partial charge on any atom is 0.275 e. The van der Waals surface area contributed by atoms with Gasteiger partial charge < -0.3 is 0 Å². The van der Waals surface area contributed by atoms with Crippen molar-refractivity contribution < 1.29 is 4.92 Å². The molecule has 0 bridgehead atoms. The zero-order chi connectivity index (χ0) is 10.7. The van der Waals surface area contributed by atoms with E-state index in [-0.39, 0.29) is 12.1 Å². The van der Waals surface area contributed by atoms with Crippen molar-refractivity contribution in [3.05, 3.63) is 37.8 Å². The van der Waals surface area contributed by atoms with Crippen molar-refractivity contribution in [2.75, 3.05) is 0 Å². The second kappa shape index (κ2) is 4.20. The topological polar surface area (TPSA) is 66.9 Å². The lowest BCUT2D eigenvalue weighted by atomic mass is 10.0. The number of aryl methyl sites for hydroxylation is 1. The van der Waals surface area contributed by atoms with Crippen molar-refractivity contribution in [2.45, 2.75) is 13.3 Å². The molecule has 0 amide bonds. The summed E-state index contributed by atoms with van der Waals surface area (Å²) < 4.78 is 0.656. The number of nitro benzene ring substituents is 1. The van der Waals surface area contributed by atoms with Gasteiger partial charge in [-0.2, -0.15) is 5.26 Å². The van der Waals surface area contributed by atoms with Gasteiger partial charge in [-0.05, 0) is 18.6 Å². The first-order valence-corrected chi connectivity index (χ1v) is 4.66.